The van der Waals surface area contributed by atoms with E-state index in [2.05, 4.69) is 0 Å². The summed E-state index contributed by atoms with van der Waals surface area (Å²) in [6.07, 6.45) is 0. The summed E-state index contributed by atoms with van der Waals surface area (Å²) in [5, 5.41) is 0. The van der Waals surface area contributed by atoms with Crippen LogP contribution in [0.5, 0.6) is 11.5 Å². The van der Waals surface area contributed by atoms with E-state index in [1.165, 1.54) is 0 Å². The van der Waals surface area contributed by atoms with Crippen molar-refractivity contribution in [3.63, 3.8) is 0 Å². The van der Waals surface area contributed by atoms with Crippen LogP contribution >= 0.6 is 0 Å². The molecule has 0 amide bonds. The Balaban J connectivity index is 2.74. The molecule has 1 aromatic rings. The first kappa shape index (κ1) is 12.8. The third kappa shape index (κ3) is 3.42. The molecule has 3 nitrogen and oxygen atoms in total. The van der Waals surface area contributed by atoms with Gasteiger partial charge in [0.1, 0.15) is 6.61 Å². The second-order valence-electron chi connectivity index (χ2n) is 4.41. The average Bonchev–Trinajstić information content (AvgIpc) is 2.27. The van der Waals surface area contributed by atoms with Crippen molar-refractivity contribution in [1.29, 1.82) is 0 Å². The monoisotopic (exact) mass is 224 g/mol. The fourth-order valence-electron chi connectivity index (χ4n) is 1.20. The number of hydrogen-bond acceptors (Lipinski definition) is 3. The molecule has 0 aliphatic rings. The van der Waals surface area contributed by atoms with Crippen molar-refractivity contribution < 1.29 is 14.2 Å². The second-order valence-corrected chi connectivity index (χ2v) is 4.41. The van der Waals surface area contributed by atoms with Gasteiger partial charge in [0.25, 0.3) is 0 Å². The summed E-state index contributed by atoms with van der Waals surface area (Å²) in [5.74, 6) is 1.50. The summed E-state index contributed by atoms with van der Waals surface area (Å²) in [5.41, 5.74) is 0.853. The molecule has 0 bridgehead atoms. The van der Waals surface area contributed by atoms with Crippen LogP contribution in [-0.2, 0) is 4.74 Å². The predicted molar refractivity (Wildman–Crippen MR) is 64.3 cm³/mol. The van der Waals surface area contributed by atoms with Crippen molar-refractivity contribution >= 4 is 0 Å². The van der Waals surface area contributed by atoms with E-state index in [-0.39, 0.29) is 5.60 Å². The normalized spacial score (nSPS) is 11.3. The smallest absolute Gasteiger partial charge is 0.161 e. The highest BCUT2D eigenvalue weighted by atomic mass is 16.5. The molecule has 0 saturated carbocycles. The molecule has 0 fully saturated rings. The molecular formula is C13H20O3. The Labute approximate surface area is 97.3 Å². The third-order valence-electron chi connectivity index (χ3n) is 2.45. The van der Waals surface area contributed by atoms with Gasteiger partial charge in [-0.05, 0) is 38.5 Å². The lowest BCUT2D eigenvalue weighted by molar-refractivity contribution is -0.0151. The molecule has 90 valence electrons. The van der Waals surface area contributed by atoms with Crippen LogP contribution < -0.4 is 9.47 Å². The van der Waals surface area contributed by atoms with Gasteiger partial charge in [-0.25, -0.2) is 0 Å². The molecule has 16 heavy (non-hydrogen) atoms. The minimum absolute atomic E-state index is 0.296. The van der Waals surface area contributed by atoms with Crippen molar-refractivity contribution in [1.82, 2.24) is 0 Å². The first-order chi connectivity index (χ1) is 7.48. The van der Waals surface area contributed by atoms with E-state index < -0.39 is 0 Å². The van der Waals surface area contributed by atoms with E-state index >= 15 is 0 Å². The molecule has 0 radical (unpaired) electrons. The number of methoxy groups -OCH3 is 2. The summed E-state index contributed by atoms with van der Waals surface area (Å²) in [4.78, 5) is 0. The van der Waals surface area contributed by atoms with Crippen molar-refractivity contribution in [3.05, 3.63) is 23.8 Å². The molecule has 1 rings (SSSR count). The Morgan fingerprint density at radius 1 is 1.12 bits per heavy atom. The van der Waals surface area contributed by atoms with Gasteiger partial charge < -0.3 is 14.2 Å². The Hall–Kier alpha value is -1.22. The van der Waals surface area contributed by atoms with Gasteiger partial charge in [-0.2, -0.15) is 0 Å². The Morgan fingerprint density at radius 3 is 2.38 bits per heavy atom. The van der Waals surface area contributed by atoms with E-state index in [4.69, 9.17) is 14.2 Å². The van der Waals surface area contributed by atoms with Gasteiger partial charge >= 0.3 is 0 Å². The van der Waals surface area contributed by atoms with Crippen molar-refractivity contribution in [2.24, 2.45) is 0 Å². The first-order valence-corrected chi connectivity index (χ1v) is 5.31. The number of ether oxygens (including phenoxy) is 3. The van der Waals surface area contributed by atoms with Gasteiger partial charge in [0.2, 0.25) is 0 Å². The van der Waals surface area contributed by atoms with E-state index in [9.17, 15) is 0 Å². The maximum Gasteiger partial charge on any atom is 0.161 e. The zero-order valence-corrected chi connectivity index (χ0v) is 10.7. The number of benzene rings is 1. The minimum Gasteiger partial charge on any atom is -0.493 e. The third-order valence-corrected chi connectivity index (χ3v) is 2.45. The van der Waals surface area contributed by atoms with Crippen LogP contribution in [0.25, 0.3) is 0 Å². The van der Waals surface area contributed by atoms with E-state index in [1.807, 2.05) is 39.0 Å². The summed E-state index contributed by atoms with van der Waals surface area (Å²) in [7, 11) is 3.32. The summed E-state index contributed by atoms with van der Waals surface area (Å²) < 4.78 is 16.2. The Bertz CT molecular complexity index is 345. The standard InChI is InChI=1S/C13H20O3/c1-10-6-7-11(12(8-10)14-4)16-9-13(2,3)15-5/h6-8H,9H2,1-5H3. The van der Waals surface area contributed by atoms with Crippen LogP contribution in [0.15, 0.2) is 18.2 Å². The zero-order chi connectivity index (χ0) is 12.2. The molecule has 0 atom stereocenters. The molecule has 0 spiro atoms. The van der Waals surface area contributed by atoms with Crippen molar-refractivity contribution in [2.75, 3.05) is 20.8 Å². The molecule has 0 unspecified atom stereocenters. The van der Waals surface area contributed by atoms with Crippen LogP contribution in [0, 0.1) is 6.92 Å². The number of rotatable bonds is 5. The average molecular weight is 224 g/mol. The first-order valence-electron chi connectivity index (χ1n) is 5.31. The molecule has 0 saturated heterocycles. The number of hydrogen-bond donors (Lipinski definition) is 0. The van der Waals surface area contributed by atoms with Crippen LogP contribution in [0.4, 0.5) is 0 Å². The molecule has 0 aliphatic carbocycles. The largest absolute Gasteiger partial charge is 0.493 e. The van der Waals surface area contributed by atoms with Crippen LogP contribution in [0.1, 0.15) is 19.4 Å². The van der Waals surface area contributed by atoms with Gasteiger partial charge in [0, 0.05) is 7.11 Å². The van der Waals surface area contributed by atoms with Gasteiger partial charge in [-0.1, -0.05) is 6.07 Å². The SMILES string of the molecule is COc1cc(C)ccc1OCC(C)(C)OC. The molecule has 3 heteroatoms. The van der Waals surface area contributed by atoms with Gasteiger partial charge in [-0.3, -0.25) is 0 Å². The predicted octanol–water partition coefficient (Wildman–Crippen LogP) is 2.81. The maximum absolute atomic E-state index is 5.69. The van der Waals surface area contributed by atoms with E-state index in [1.54, 1.807) is 14.2 Å². The van der Waals surface area contributed by atoms with Crippen molar-refractivity contribution in [2.45, 2.75) is 26.4 Å². The fraction of sp³-hybridized carbons (Fsp3) is 0.538. The molecule has 0 N–H and O–H groups in total. The Morgan fingerprint density at radius 2 is 1.81 bits per heavy atom. The highest BCUT2D eigenvalue weighted by Gasteiger charge is 2.18. The van der Waals surface area contributed by atoms with Crippen LogP contribution in [0.3, 0.4) is 0 Å². The van der Waals surface area contributed by atoms with Crippen LogP contribution in [-0.4, -0.2) is 26.4 Å². The lowest BCUT2D eigenvalue weighted by atomic mass is 10.1. The quantitative estimate of drug-likeness (QED) is 0.769. The molecule has 1 aromatic carbocycles. The lowest BCUT2D eigenvalue weighted by Crippen LogP contribution is -2.30. The van der Waals surface area contributed by atoms with Gasteiger partial charge in [-0.15, -0.1) is 0 Å². The van der Waals surface area contributed by atoms with E-state index in [0.29, 0.717) is 6.61 Å². The zero-order valence-electron chi connectivity index (χ0n) is 10.7. The van der Waals surface area contributed by atoms with Gasteiger partial charge in [0.05, 0.1) is 12.7 Å². The lowest BCUT2D eigenvalue weighted by Gasteiger charge is -2.23. The molecule has 0 heterocycles. The fourth-order valence-corrected chi connectivity index (χ4v) is 1.20. The summed E-state index contributed by atoms with van der Waals surface area (Å²) in [6.45, 7) is 6.47. The molecule has 0 aliphatic heterocycles. The highest BCUT2D eigenvalue weighted by molar-refractivity contribution is 5.42. The van der Waals surface area contributed by atoms with Crippen LogP contribution in [0.2, 0.25) is 0 Å². The van der Waals surface area contributed by atoms with Gasteiger partial charge in [0.15, 0.2) is 11.5 Å². The number of aryl methyl sites for hydroxylation is 1. The minimum atomic E-state index is -0.296. The summed E-state index contributed by atoms with van der Waals surface area (Å²) in [6, 6.07) is 5.87. The Kier molecular flexibility index (Phi) is 4.19. The second kappa shape index (κ2) is 5.21. The topological polar surface area (TPSA) is 27.7 Å². The molecule has 0 aromatic heterocycles. The highest BCUT2D eigenvalue weighted by Crippen LogP contribution is 2.28. The molecular weight excluding hydrogens is 204 g/mol. The maximum atomic E-state index is 5.69. The van der Waals surface area contributed by atoms with Crippen molar-refractivity contribution in [3.8, 4) is 11.5 Å². The van der Waals surface area contributed by atoms with E-state index in [0.717, 1.165) is 17.1 Å². The summed E-state index contributed by atoms with van der Waals surface area (Å²) >= 11 is 0.